The van der Waals surface area contributed by atoms with E-state index in [1.807, 2.05) is 19.1 Å². The Morgan fingerprint density at radius 1 is 1.13 bits per heavy atom. The van der Waals surface area contributed by atoms with Gasteiger partial charge in [-0.2, -0.15) is 10.2 Å². The third-order valence-electron chi connectivity index (χ3n) is 4.45. The summed E-state index contributed by atoms with van der Waals surface area (Å²) in [6.45, 7) is 2.00. The van der Waals surface area contributed by atoms with Gasteiger partial charge in [-0.05, 0) is 49.4 Å². The molecular formula is C21H17F2N5O3. The molecule has 0 spiro atoms. The lowest BCUT2D eigenvalue weighted by Gasteiger charge is -2.07. The molecule has 8 nitrogen and oxygen atoms in total. The summed E-state index contributed by atoms with van der Waals surface area (Å²) in [6, 6.07) is 11.6. The van der Waals surface area contributed by atoms with Crippen molar-refractivity contribution in [2.45, 2.75) is 13.5 Å². The molecule has 4 aromatic rings. The molecule has 0 unspecified atom stereocenters. The lowest BCUT2D eigenvalue weighted by molar-refractivity contribution is -0.117. The van der Waals surface area contributed by atoms with E-state index in [9.17, 15) is 18.4 Å². The van der Waals surface area contributed by atoms with Crippen LogP contribution in [0.1, 0.15) is 6.92 Å². The summed E-state index contributed by atoms with van der Waals surface area (Å²) in [5.41, 5.74) is 0.824. The number of hydrogen-bond donors (Lipinski definition) is 1. The smallest absolute Gasteiger partial charge is 0.293 e. The van der Waals surface area contributed by atoms with Crippen LogP contribution in [0.4, 0.5) is 14.5 Å². The summed E-state index contributed by atoms with van der Waals surface area (Å²) in [4.78, 5) is 24.9. The molecule has 158 valence electrons. The Kier molecular flexibility index (Phi) is 5.44. The number of hydrogen-bond acceptors (Lipinski definition) is 5. The molecule has 4 rings (SSSR count). The van der Waals surface area contributed by atoms with Gasteiger partial charge in [-0.15, -0.1) is 0 Å². The summed E-state index contributed by atoms with van der Waals surface area (Å²) in [7, 11) is 0. The fraction of sp³-hybridized carbons (Fsp3) is 0.143. The Morgan fingerprint density at radius 2 is 1.90 bits per heavy atom. The lowest BCUT2D eigenvalue weighted by Crippen LogP contribution is -2.30. The predicted molar refractivity (Wildman–Crippen MR) is 109 cm³/mol. The van der Waals surface area contributed by atoms with Crippen LogP contribution in [0.3, 0.4) is 0 Å². The first-order chi connectivity index (χ1) is 14.9. The van der Waals surface area contributed by atoms with Gasteiger partial charge in [0.05, 0.1) is 18.0 Å². The highest BCUT2D eigenvalue weighted by Crippen LogP contribution is 2.22. The van der Waals surface area contributed by atoms with E-state index in [1.165, 1.54) is 10.8 Å². The molecular weight excluding hydrogens is 408 g/mol. The highest BCUT2D eigenvalue weighted by molar-refractivity contribution is 5.90. The first-order valence-corrected chi connectivity index (χ1v) is 9.38. The number of anilines is 1. The molecule has 2 heterocycles. The first kappa shape index (κ1) is 20.2. The third kappa shape index (κ3) is 4.27. The van der Waals surface area contributed by atoms with Crippen LogP contribution >= 0.6 is 0 Å². The monoisotopic (exact) mass is 425 g/mol. The Morgan fingerprint density at radius 3 is 2.61 bits per heavy atom. The van der Waals surface area contributed by atoms with E-state index in [1.54, 1.807) is 18.2 Å². The summed E-state index contributed by atoms with van der Waals surface area (Å²) in [5.74, 6) is -1.64. The molecule has 0 saturated carbocycles. The summed E-state index contributed by atoms with van der Waals surface area (Å²) in [6.07, 6.45) is 1.31. The zero-order valence-electron chi connectivity index (χ0n) is 16.4. The largest absolute Gasteiger partial charge is 0.494 e. The normalized spacial score (nSPS) is 10.9. The first-order valence-electron chi connectivity index (χ1n) is 9.38. The molecule has 31 heavy (non-hydrogen) atoms. The minimum absolute atomic E-state index is 0.192. The van der Waals surface area contributed by atoms with Gasteiger partial charge in [-0.25, -0.2) is 18.0 Å². The Bertz CT molecular complexity index is 1320. The number of carbonyl (C=O) groups excluding carboxylic acids is 1. The van der Waals surface area contributed by atoms with E-state index in [4.69, 9.17) is 4.74 Å². The van der Waals surface area contributed by atoms with Gasteiger partial charge in [0.15, 0.2) is 0 Å². The van der Waals surface area contributed by atoms with Gasteiger partial charge in [0.1, 0.15) is 35.8 Å². The molecule has 0 radical (unpaired) electrons. The molecule has 1 amide bonds. The molecule has 0 aliphatic rings. The number of halogens is 2. The SMILES string of the molecule is CCOc1ccc(-c2cc3c(=O)n(CC(=O)Nc4ccc(F)cc4F)ncn3n2)cc1. The number of fused-ring (bicyclic) bond motifs is 1. The van der Waals surface area contributed by atoms with Crippen LogP contribution in [0, 0.1) is 11.6 Å². The Labute approximate surface area is 174 Å². The highest BCUT2D eigenvalue weighted by atomic mass is 19.1. The van der Waals surface area contributed by atoms with E-state index in [-0.39, 0.29) is 11.2 Å². The van der Waals surface area contributed by atoms with Crippen molar-refractivity contribution < 1.29 is 18.3 Å². The number of amides is 1. The van der Waals surface area contributed by atoms with Crippen molar-refractivity contribution in [2.75, 3.05) is 11.9 Å². The average Bonchev–Trinajstić information content (AvgIpc) is 3.18. The maximum absolute atomic E-state index is 13.7. The molecule has 0 bridgehead atoms. The maximum atomic E-state index is 13.7. The fourth-order valence-electron chi connectivity index (χ4n) is 3.00. The molecule has 0 saturated heterocycles. The number of benzene rings is 2. The Balaban J connectivity index is 1.56. The number of carbonyl (C=O) groups is 1. The van der Waals surface area contributed by atoms with Gasteiger partial charge in [-0.3, -0.25) is 9.59 Å². The second-order valence-corrected chi connectivity index (χ2v) is 6.58. The van der Waals surface area contributed by atoms with Crippen LogP contribution in [0.25, 0.3) is 16.8 Å². The van der Waals surface area contributed by atoms with E-state index in [2.05, 4.69) is 15.5 Å². The van der Waals surface area contributed by atoms with E-state index in [0.29, 0.717) is 18.4 Å². The lowest BCUT2D eigenvalue weighted by atomic mass is 10.1. The minimum atomic E-state index is -0.917. The highest BCUT2D eigenvalue weighted by Gasteiger charge is 2.14. The second-order valence-electron chi connectivity index (χ2n) is 6.58. The molecule has 2 aromatic heterocycles. The van der Waals surface area contributed by atoms with Crippen molar-refractivity contribution in [1.82, 2.24) is 19.4 Å². The van der Waals surface area contributed by atoms with Crippen LogP contribution in [0.2, 0.25) is 0 Å². The molecule has 2 aromatic carbocycles. The standard InChI is InChI=1S/C21H17F2N5O3/c1-2-31-15-6-3-13(4-7-15)18-10-19-21(30)27(24-12-28(19)26-18)11-20(29)25-17-8-5-14(22)9-16(17)23/h3-10,12H,2,11H2,1H3,(H,25,29). The Hall–Kier alpha value is -4.08. The zero-order chi connectivity index (χ0) is 22.0. The number of nitrogens with zero attached hydrogens (tertiary/aromatic N) is 4. The fourth-order valence-corrected chi connectivity index (χ4v) is 3.00. The van der Waals surface area contributed by atoms with Gasteiger partial charge in [-0.1, -0.05) is 0 Å². The topological polar surface area (TPSA) is 90.5 Å². The number of aromatic nitrogens is 4. The van der Waals surface area contributed by atoms with Gasteiger partial charge < -0.3 is 10.1 Å². The van der Waals surface area contributed by atoms with Crippen molar-refractivity contribution in [1.29, 1.82) is 0 Å². The van der Waals surface area contributed by atoms with Gasteiger partial charge >= 0.3 is 0 Å². The van der Waals surface area contributed by atoms with Crippen LogP contribution in [0.15, 0.2) is 59.7 Å². The average molecular weight is 425 g/mol. The van der Waals surface area contributed by atoms with Crippen LogP contribution in [-0.2, 0) is 11.3 Å². The quantitative estimate of drug-likeness (QED) is 0.513. The zero-order valence-corrected chi connectivity index (χ0v) is 16.4. The number of nitrogens with one attached hydrogen (secondary N) is 1. The van der Waals surface area contributed by atoms with E-state index < -0.39 is 29.6 Å². The van der Waals surface area contributed by atoms with Crippen LogP contribution in [-0.4, -0.2) is 31.9 Å². The number of rotatable bonds is 6. The van der Waals surface area contributed by atoms with E-state index >= 15 is 0 Å². The third-order valence-corrected chi connectivity index (χ3v) is 4.45. The molecule has 0 aliphatic heterocycles. The van der Waals surface area contributed by atoms with Crippen LogP contribution < -0.4 is 15.6 Å². The van der Waals surface area contributed by atoms with Gasteiger partial charge in [0.25, 0.3) is 5.56 Å². The summed E-state index contributed by atoms with van der Waals surface area (Å²) < 4.78 is 34.4. The van der Waals surface area contributed by atoms with Crippen molar-refractivity contribution in [2.24, 2.45) is 0 Å². The van der Waals surface area contributed by atoms with Crippen molar-refractivity contribution in [3.8, 4) is 17.0 Å². The molecule has 0 fully saturated rings. The van der Waals surface area contributed by atoms with E-state index in [0.717, 1.165) is 28.1 Å². The van der Waals surface area contributed by atoms with Crippen LogP contribution in [0.5, 0.6) is 5.75 Å². The summed E-state index contributed by atoms with van der Waals surface area (Å²) >= 11 is 0. The molecule has 0 atom stereocenters. The van der Waals surface area contributed by atoms with Crippen molar-refractivity contribution >= 4 is 17.1 Å². The number of ether oxygens (including phenoxy) is 1. The van der Waals surface area contributed by atoms with Gasteiger partial charge in [0, 0.05) is 11.6 Å². The minimum Gasteiger partial charge on any atom is -0.494 e. The second kappa shape index (κ2) is 8.34. The maximum Gasteiger partial charge on any atom is 0.293 e. The van der Waals surface area contributed by atoms with Crippen molar-refractivity contribution in [3.63, 3.8) is 0 Å². The predicted octanol–water partition coefficient (Wildman–Crippen LogP) is 2.87. The molecule has 10 heteroatoms. The molecule has 1 N–H and O–H groups in total. The summed E-state index contributed by atoms with van der Waals surface area (Å²) in [5, 5.41) is 10.6. The molecule has 0 aliphatic carbocycles. The van der Waals surface area contributed by atoms with Gasteiger partial charge in [0.2, 0.25) is 5.91 Å². The van der Waals surface area contributed by atoms with Crippen molar-refractivity contribution in [3.05, 3.63) is 76.8 Å².